The molecule has 0 fully saturated rings. The Morgan fingerprint density at radius 2 is 1.93 bits per heavy atom. The maximum atomic E-state index is 11.0. The largest absolute Gasteiger partial charge is 0.465 e. The van der Waals surface area contributed by atoms with Crippen LogP contribution in [0.15, 0.2) is 18.2 Å². The number of aryl methyl sites for hydroxylation is 1. The van der Waals surface area contributed by atoms with E-state index in [0.717, 1.165) is 5.56 Å². The molecule has 0 bridgehead atoms. The van der Waals surface area contributed by atoms with Gasteiger partial charge < -0.3 is 4.74 Å². The summed E-state index contributed by atoms with van der Waals surface area (Å²) in [5.74, 6) is -0.364. The zero-order chi connectivity index (χ0) is 11.1. The van der Waals surface area contributed by atoms with Crippen molar-refractivity contribution in [3.05, 3.63) is 34.3 Å². The van der Waals surface area contributed by atoms with Gasteiger partial charge in [0.25, 0.3) is 0 Å². The third-order valence-corrected chi connectivity index (χ3v) is 2.00. The number of methoxy groups -OCH3 is 1. The first-order valence-electron chi connectivity index (χ1n) is 4.49. The molecule has 0 aliphatic carbocycles. The van der Waals surface area contributed by atoms with Gasteiger partial charge in [-0.25, -0.2) is 4.79 Å². The van der Waals surface area contributed by atoms with E-state index in [9.17, 15) is 4.79 Å². The van der Waals surface area contributed by atoms with Crippen LogP contribution in [0, 0.1) is 6.92 Å². The Kier molecular flexibility index (Phi) is 5.97. The van der Waals surface area contributed by atoms with Gasteiger partial charge in [-0.1, -0.05) is 31.5 Å². The molecule has 0 aliphatic rings. The van der Waals surface area contributed by atoms with Crippen molar-refractivity contribution in [2.75, 3.05) is 7.11 Å². The smallest absolute Gasteiger partial charge is 0.337 e. The molecule has 0 atom stereocenters. The molecular weight excluding hydrogens is 200 g/mol. The lowest BCUT2D eigenvalue weighted by molar-refractivity contribution is 0.0601. The van der Waals surface area contributed by atoms with Crippen molar-refractivity contribution in [2.45, 2.75) is 20.8 Å². The Morgan fingerprint density at radius 3 is 2.36 bits per heavy atom. The molecule has 0 spiro atoms. The molecular formula is C11H15ClO2. The lowest BCUT2D eigenvalue weighted by Gasteiger charge is -2.01. The molecule has 1 aromatic carbocycles. The van der Waals surface area contributed by atoms with Gasteiger partial charge >= 0.3 is 5.97 Å². The van der Waals surface area contributed by atoms with Crippen LogP contribution in [-0.2, 0) is 4.74 Å². The second-order valence-corrected chi connectivity index (χ2v) is 2.86. The number of esters is 1. The number of carbonyl (C=O) groups is 1. The minimum Gasteiger partial charge on any atom is -0.465 e. The topological polar surface area (TPSA) is 26.3 Å². The molecule has 0 radical (unpaired) electrons. The molecule has 0 aliphatic heterocycles. The van der Waals surface area contributed by atoms with E-state index < -0.39 is 0 Å². The van der Waals surface area contributed by atoms with Crippen LogP contribution < -0.4 is 0 Å². The van der Waals surface area contributed by atoms with Gasteiger partial charge in [-0.3, -0.25) is 0 Å². The summed E-state index contributed by atoms with van der Waals surface area (Å²) in [6, 6.07) is 5.07. The third-order valence-electron chi connectivity index (χ3n) is 1.59. The molecule has 3 heteroatoms. The SMILES string of the molecule is CC.COC(=O)c1ccc(C)c(Cl)c1. The van der Waals surface area contributed by atoms with Gasteiger partial charge in [-0.2, -0.15) is 0 Å². The van der Waals surface area contributed by atoms with Gasteiger partial charge in [0.1, 0.15) is 0 Å². The van der Waals surface area contributed by atoms with Crippen LogP contribution in [0.2, 0.25) is 5.02 Å². The van der Waals surface area contributed by atoms with Gasteiger partial charge in [0.2, 0.25) is 0 Å². The maximum absolute atomic E-state index is 11.0. The summed E-state index contributed by atoms with van der Waals surface area (Å²) in [6.45, 7) is 5.88. The van der Waals surface area contributed by atoms with Gasteiger partial charge in [0.15, 0.2) is 0 Å². The number of carbonyl (C=O) groups excluding carboxylic acids is 1. The Labute approximate surface area is 89.8 Å². The van der Waals surface area contributed by atoms with Crippen LogP contribution in [0.25, 0.3) is 0 Å². The normalized spacial score (nSPS) is 8.64. The number of hydrogen-bond acceptors (Lipinski definition) is 2. The zero-order valence-corrected chi connectivity index (χ0v) is 9.68. The Hall–Kier alpha value is -1.02. The van der Waals surface area contributed by atoms with Crippen molar-refractivity contribution in [1.82, 2.24) is 0 Å². The number of hydrogen-bond donors (Lipinski definition) is 0. The van der Waals surface area contributed by atoms with Crippen LogP contribution in [0.4, 0.5) is 0 Å². The van der Waals surface area contributed by atoms with Crippen molar-refractivity contribution in [3.8, 4) is 0 Å². The lowest BCUT2D eigenvalue weighted by Crippen LogP contribution is -2.00. The number of ether oxygens (including phenoxy) is 1. The van der Waals surface area contributed by atoms with E-state index in [1.807, 2.05) is 20.8 Å². The zero-order valence-electron chi connectivity index (χ0n) is 8.93. The molecule has 1 aromatic rings. The van der Waals surface area contributed by atoms with E-state index in [0.29, 0.717) is 10.6 Å². The second kappa shape index (κ2) is 6.44. The molecule has 0 N–H and O–H groups in total. The molecule has 0 saturated heterocycles. The predicted molar refractivity (Wildman–Crippen MR) is 58.9 cm³/mol. The maximum Gasteiger partial charge on any atom is 0.337 e. The monoisotopic (exact) mass is 214 g/mol. The standard InChI is InChI=1S/C9H9ClO2.C2H6/c1-6-3-4-7(5-8(6)10)9(11)12-2;1-2/h3-5H,1-2H3;1-2H3. The molecule has 1 rings (SSSR count). The fourth-order valence-electron chi connectivity index (χ4n) is 0.838. The van der Waals surface area contributed by atoms with Crippen LogP contribution >= 0.6 is 11.6 Å². The fourth-order valence-corrected chi connectivity index (χ4v) is 1.02. The summed E-state index contributed by atoms with van der Waals surface area (Å²) in [6.07, 6.45) is 0. The first kappa shape index (κ1) is 13.0. The average Bonchev–Trinajstić information content (AvgIpc) is 2.24. The van der Waals surface area contributed by atoms with Crippen LogP contribution in [-0.4, -0.2) is 13.1 Å². The van der Waals surface area contributed by atoms with Gasteiger partial charge in [-0.15, -0.1) is 0 Å². The van der Waals surface area contributed by atoms with Crippen molar-refractivity contribution < 1.29 is 9.53 Å². The molecule has 0 heterocycles. The molecule has 0 unspecified atom stereocenters. The average molecular weight is 215 g/mol. The fraction of sp³-hybridized carbons (Fsp3) is 0.364. The molecule has 2 nitrogen and oxygen atoms in total. The van der Waals surface area contributed by atoms with E-state index in [2.05, 4.69) is 4.74 Å². The Balaban J connectivity index is 0.000000791. The van der Waals surface area contributed by atoms with Crippen LogP contribution in [0.5, 0.6) is 0 Å². The molecule has 0 saturated carbocycles. The Morgan fingerprint density at radius 1 is 1.36 bits per heavy atom. The lowest BCUT2D eigenvalue weighted by atomic mass is 10.1. The summed E-state index contributed by atoms with van der Waals surface area (Å²) < 4.78 is 4.53. The summed E-state index contributed by atoms with van der Waals surface area (Å²) >= 11 is 5.81. The number of halogens is 1. The molecule has 14 heavy (non-hydrogen) atoms. The highest BCUT2D eigenvalue weighted by molar-refractivity contribution is 6.31. The van der Waals surface area contributed by atoms with E-state index in [-0.39, 0.29) is 5.97 Å². The third kappa shape index (κ3) is 3.38. The van der Waals surface area contributed by atoms with Crippen molar-refractivity contribution in [2.24, 2.45) is 0 Å². The minimum absolute atomic E-state index is 0.364. The van der Waals surface area contributed by atoms with Crippen molar-refractivity contribution >= 4 is 17.6 Å². The first-order valence-corrected chi connectivity index (χ1v) is 4.87. The second-order valence-electron chi connectivity index (χ2n) is 2.46. The summed E-state index contributed by atoms with van der Waals surface area (Å²) in [7, 11) is 1.34. The highest BCUT2D eigenvalue weighted by Gasteiger charge is 2.05. The summed E-state index contributed by atoms with van der Waals surface area (Å²) in [4.78, 5) is 11.0. The molecule has 0 amide bonds. The number of rotatable bonds is 1. The first-order chi connectivity index (χ1) is 6.65. The minimum atomic E-state index is -0.364. The summed E-state index contributed by atoms with van der Waals surface area (Å²) in [5, 5.41) is 0.581. The van der Waals surface area contributed by atoms with Crippen LogP contribution in [0.3, 0.4) is 0 Å². The van der Waals surface area contributed by atoms with Crippen molar-refractivity contribution in [3.63, 3.8) is 0 Å². The van der Waals surface area contributed by atoms with Crippen LogP contribution in [0.1, 0.15) is 29.8 Å². The van der Waals surface area contributed by atoms with E-state index >= 15 is 0 Å². The Bertz CT molecular complexity index is 308. The van der Waals surface area contributed by atoms with E-state index in [1.54, 1.807) is 18.2 Å². The van der Waals surface area contributed by atoms with Gasteiger partial charge in [-0.05, 0) is 24.6 Å². The van der Waals surface area contributed by atoms with Gasteiger partial charge in [0, 0.05) is 5.02 Å². The highest BCUT2D eigenvalue weighted by Crippen LogP contribution is 2.16. The van der Waals surface area contributed by atoms with Crippen molar-refractivity contribution in [1.29, 1.82) is 0 Å². The van der Waals surface area contributed by atoms with E-state index in [4.69, 9.17) is 11.6 Å². The van der Waals surface area contributed by atoms with E-state index in [1.165, 1.54) is 7.11 Å². The van der Waals surface area contributed by atoms with Gasteiger partial charge in [0.05, 0.1) is 12.7 Å². The predicted octanol–water partition coefficient (Wildman–Crippen LogP) is 3.46. The number of benzene rings is 1. The molecule has 78 valence electrons. The summed E-state index contributed by atoms with van der Waals surface area (Å²) in [5.41, 5.74) is 1.43. The molecule has 0 aromatic heterocycles. The highest BCUT2D eigenvalue weighted by atomic mass is 35.5. The quantitative estimate of drug-likeness (QED) is 0.670.